The molecule has 2 N–H and O–H groups in total. The molecule has 32 nitrogen and oxygen atoms in total. The van der Waals surface area contributed by atoms with Gasteiger partial charge in [-0.1, -0.05) is 71.5 Å². The van der Waals surface area contributed by atoms with Gasteiger partial charge in [0.1, 0.15) is 0 Å². The van der Waals surface area contributed by atoms with Gasteiger partial charge >= 0.3 is 67.7 Å². The van der Waals surface area contributed by atoms with E-state index < -0.39 is 32.4 Å². The number of carbonyl (C=O) groups excluding carboxylic acids is 2. The number of aliphatic imine (C=N–C) groups is 8. The number of aliphatic carboxylic acids is 2. The molecule has 0 amide bonds. The Morgan fingerprint density at radius 3 is 0.571 bits per heavy atom. The van der Waals surface area contributed by atoms with Gasteiger partial charge < -0.3 is 61.4 Å². The third kappa shape index (κ3) is 69.8. The fraction of sp³-hybridized carbons (Fsp3) is 0.367. The van der Waals surface area contributed by atoms with Crippen LogP contribution in [-0.2, 0) is 77.3 Å². The number of carboxylic acid groups (broad SMARTS) is 2. The minimum Gasteiger partial charge on any atom is -1.00 e. The number of nitrogens with one attached hydrogen (secondary N) is 2. The van der Waals surface area contributed by atoms with Crippen molar-refractivity contribution in [3.63, 3.8) is 0 Å². The number of benzene rings is 4. The summed E-state index contributed by atoms with van der Waals surface area (Å²) in [6.07, 6.45) is 12.9. The molecule has 4 aromatic carbocycles. The summed E-state index contributed by atoms with van der Waals surface area (Å²) in [6.45, 7) is 22.1. The smallest absolute Gasteiger partial charge is 1.00 e. The van der Waals surface area contributed by atoms with Gasteiger partial charge in [0.15, 0.2) is 0 Å². The zero-order valence-corrected chi connectivity index (χ0v) is 60.6. The number of hydrogen-bond acceptors (Lipinski definition) is 32. The molecular formula is C60H72Cl2Co2Mn2N14O18. The average Bonchev–Trinajstić information content (AvgIpc) is 0.894. The molecule has 0 aliphatic carbocycles. The van der Waals surface area contributed by atoms with Gasteiger partial charge in [-0.2, -0.15) is 21.0 Å². The van der Waals surface area contributed by atoms with Gasteiger partial charge in [0.25, 0.3) is 0 Å². The van der Waals surface area contributed by atoms with Crippen molar-refractivity contribution in [3.8, 4) is 47.3 Å². The van der Waals surface area contributed by atoms with Crippen LogP contribution in [0.25, 0.3) is 0 Å². The molecule has 0 aromatic heterocycles. The van der Waals surface area contributed by atoms with Crippen molar-refractivity contribution in [2.75, 3.05) is 78.5 Å². The Morgan fingerprint density at radius 1 is 0.357 bits per heavy atom. The first kappa shape index (κ1) is 109. The number of halogens is 2. The third-order valence-electron chi connectivity index (χ3n) is 9.39. The van der Waals surface area contributed by atoms with Crippen LogP contribution in [-0.4, -0.2) is 140 Å². The number of hydrogen-bond donors (Lipinski definition) is 2. The topological polar surface area (TPSA) is 621 Å². The van der Waals surface area contributed by atoms with Crippen molar-refractivity contribution in [2.45, 2.75) is 69.2 Å². The standard InChI is InChI=1S/2C24H29N5O2.4C2H3N.2C2H4O2.2ClHO4.2Co.2Mn.O2/c2*1-17-9-19-13-26-5-3-25-4-6-27-14-20-10-18(2)12-22(24(20)31)16-29-8-7-28-15-21(11-17)23(19)30;4*1-2-3;2*1-2(3)4;2*2-1(3,4)5;;;;;1-2/h2*9-16,25,30-31H,3-8H2,1-2H3;4*1H3;2*1H3,(H,3,4);2*(H,2,3,4,5);;;;;/q;;;;;;;;;;2*+3;2*+2;-2/p-8. The van der Waals surface area contributed by atoms with Gasteiger partial charge in [0.2, 0.25) is 0 Å². The molecule has 2 radical (unpaired) electrons. The van der Waals surface area contributed by atoms with Gasteiger partial charge in [0, 0.05) is 116 Å². The summed E-state index contributed by atoms with van der Waals surface area (Å²) in [5.74, 6) is -2.51. The quantitative estimate of drug-likeness (QED) is 0.0938. The second kappa shape index (κ2) is 69.4. The van der Waals surface area contributed by atoms with Crippen LogP contribution >= 0.6 is 0 Å². The van der Waals surface area contributed by atoms with Gasteiger partial charge in [-0.3, -0.25) is 39.9 Å². The molecule has 0 unspecified atom stereocenters. The fourth-order valence-electron chi connectivity index (χ4n) is 6.45. The number of carboxylic acids is 2. The van der Waals surface area contributed by atoms with E-state index in [-0.39, 0.29) is 90.7 Å². The summed E-state index contributed by atoms with van der Waals surface area (Å²) in [4.78, 5) is 52.5. The van der Waals surface area contributed by atoms with Crippen LogP contribution in [0.1, 0.15) is 108 Å². The van der Waals surface area contributed by atoms with Crippen LogP contribution in [0.15, 0.2) is 88.5 Å². The number of nitrogens with zero attached hydrogens (tertiary/aromatic N) is 12. The molecule has 98 heavy (non-hydrogen) atoms. The third-order valence-corrected chi connectivity index (χ3v) is 9.39. The normalized spacial score (nSPS) is 12.0. The number of fused-ring (bicyclic) bond motifs is 8. The Hall–Kier alpha value is -7.51. The maximum absolute atomic E-state index is 12.6. The number of nitriles is 4. The van der Waals surface area contributed by atoms with E-state index in [1.807, 2.05) is 76.2 Å². The number of rotatable bonds is 0. The molecule has 6 rings (SSSR count). The molecule has 4 aromatic rings. The van der Waals surface area contributed by atoms with E-state index in [1.165, 1.54) is 27.7 Å². The van der Waals surface area contributed by atoms with Crippen LogP contribution in [0.4, 0.5) is 0 Å². The summed E-state index contributed by atoms with van der Waals surface area (Å²) in [7, 11) is -9.89. The zero-order valence-electron chi connectivity index (χ0n) is 54.6. The van der Waals surface area contributed by atoms with Crippen molar-refractivity contribution < 1.29 is 176 Å². The number of aryl methyl sites for hydroxylation is 4. The first-order chi connectivity index (χ1) is 44.2. The predicted molar refractivity (Wildman–Crippen MR) is 314 cm³/mol. The summed E-state index contributed by atoms with van der Waals surface area (Å²) in [6, 6.07) is 21.6. The monoisotopic (exact) mass is 1570 g/mol. The Kier molecular flexibility index (Phi) is 77.3. The molecule has 2 heterocycles. The minimum atomic E-state index is -4.94. The van der Waals surface area contributed by atoms with Gasteiger partial charge in [0.05, 0.1) is 76.6 Å². The molecule has 0 atom stereocenters. The Balaban J connectivity index is -0.000000156. The van der Waals surface area contributed by atoms with Gasteiger partial charge in [-0.25, -0.2) is 37.3 Å². The van der Waals surface area contributed by atoms with E-state index in [0.29, 0.717) is 123 Å². The largest absolute Gasteiger partial charge is 3.00 e. The molecule has 0 saturated heterocycles. The SMILES string of the molecule is CC#N.CC#N.CC#N.CC#N.CC(=O)[O-].CC(=O)[O-].Cc1cc2c([O-])c(c1)C=NCCNCCN=Cc1cc(C)cc(c1[O-])C=NCCN=C2.Cc1cc2c([O-])c(c1)C=NCCNCCN=Cc1cc(C)cc(c1[O-])C=NCCN=C2.[Co+3].[Co+3].[Mn+2].[Mn+2].[O-][Cl+3]([O-])([O-])[O-].[O-][Cl+3]([O-])([O-])[O-].[O-][O-]. The van der Waals surface area contributed by atoms with E-state index in [4.69, 9.17) is 88.6 Å². The molecule has 0 spiro atoms. The van der Waals surface area contributed by atoms with Gasteiger partial charge in [-0.15, -0.1) is 20.5 Å². The molecule has 38 heteroatoms. The van der Waals surface area contributed by atoms with Crippen molar-refractivity contribution >= 4 is 61.7 Å². The van der Waals surface area contributed by atoms with E-state index in [9.17, 15) is 20.4 Å². The maximum Gasteiger partial charge on any atom is 3.00 e. The molecule has 2 aliphatic heterocycles. The van der Waals surface area contributed by atoms with E-state index >= 15 is 0 Å². The van der Waals surface area contributed by atoms with Crippen LogP contribution < -0.4 is 89.1 Å². The zero-order chi connectivity index (χ0) is 73.1. The second-order valence-corrected chi connectivity index (χ2v) is 19.0. The van der Waals surface area contributed by atoms with Crippen LogP contribution in [0.3, 0.4) is 0 Å². The molecular weight excluding hydrogens is 1500 g/mol. The molecule has 2 aliphatic rings. The molecule has 536 valence electrons. The fourth-order valence-corrected chi connectivity index (χ4v) is 6.45. The Bertz CT molecular complexity index is 2860. The Labute approximate surface area is 615 Å². The van der Waals surface area contributed by atoms with Gasteiger partial charge in [-0.05, 0) is 108 Å². The van der Waals surface area contributed by atoms with Crippen LogP contribution in [0.5, 0.6) is 23.0 Å². The summed E-state index contributed by atoms with van der Waals surface area (Å²) in [5, 5.41) is 118. The Morgan fingerprint density at radius 2 is 0.459 bits per heavy atom. The van der Waals surface area contributed by atoms with Crippen molar-refractivity contribution in [1.82, 2.24) is 10.6 Å². The molecule has 0 saturated carbocycles. The van der Waals surface area contributed by atoms with Crippen molar-refractivity contribution in [1.29, 1.82) is 21.0 Å². The average molecular weight is 1580 g/mol. The minimum absolute atomic E-state index is 0. The van der Waals surface area contributed by atoms with Crippen molar-refractivity contribution in [3.05, 3.63) is 115 Å². The molecule has 0 fully saturated rings. The summed E-state index contributed by atoms with van der Waals surface area (Å²) < 4.78 is 67.9. The first-order valence-corrected chi connectivity index (χ1v) is 29.3. The van der Waals surface area contributed by atoms with E-state index in [0.717, 1.165) is 36.1 Å². The van der Waals surface area contributed by atoms with E-state index in [2.05, 4.69) is 50.6 Å². The summed E-state index contributed by atoms with van der Waals surface area (Å²) in [5.41, 5.74) is 8.32. The molecule has 8 bridgehead atoms. The summed E-state index contributed by atoms with van der Waals surface area (Å²) >= 11 is 0. The van der Waals surface area contributed by atoms with E-state index in [1.54, 1.807) is 74.0 Å². The van der Waals surface area contributed by atoms with Crippen LogP contribution in [0, 0.1) is 93.5 Å². The second-order valence-electron chi connectivity index (χ2n) is 17.5. The first-order valence-electron chi connectivity index (χ1n) is 26.9. The number of carbonyl (C=O) groups is 2. The predicted octanol–water partition coefficient (Wildman–Crippen LogP) is -9.41. The van der Waals surface area contributed by atoms with Crippen molar-refractivity contribution in [2.24, 2.45) is 39.9 Å². The maximum atomic E-state index is 12.6. The van der Waals surface area contributed by atoms with Crippen LogP contribution in [0.2, 0.25) is 0 Å².